The summed E-state index contributed by atoms with van der Waals surface area (Å²) in [5, 5.41) is 8.79. The third-order valence-corrected chi connectivity index (χ3v) is 3.51. The van der Waals surface area contributed by atoms with Gasteiger partial charge in [0.1, 0.15) is 0 Å². The molecule has 1 aliphatic heterocycles. The van der Waals surface area contributed by atoms with E-state index < -0.39 is 11.0 Å². The summed E-state index contributed by atoms with van der Waals surface area (Å²) in [5.74, 6) is 0. The van der Waals surface area contributed by atoms with Gasteiger partial charge < -0.3 is 5.11 Å². The average molecular weight is 191 g/mol. The molecule has 0 bridgehead atoms. The van der Waals surface area contributed by atoms with Crippen LogP contribution in [-0.4, -0.2) is 39.1 Å². The Hall–Kier alpha value is 0.0700. The van der Waals surface area contributed by atoms with Gasteiger partial charge in [0.15, 0.2) is 0 Å². The fourth-order valence-electron chi connectivity index (χ4n) is 1.75. The van der Waals surface area contributed by atoms with E-state index in [2.05, 4.69) is 0 Å². The lowest BCUT2D eigenvalue weighted by molar-refractivity contribution is 0.198. The van der Waals surface area contributed by atoms with Gasteiger partial charge in [-0.25, -0.2) is 8.51 Å². The highest BCUT2D eigenvalue weighted by molar-refractivity contribution is 7.81. The highest BCUT2D eigenvalue weighted by Gasteiger charge is 2.23. The number of aliphatic hydroxyl groups is 1. The van der Waals surface area contributed by atoms with E-state index in [1.54, 1.807) is 6.26 Å². The first kappa shape index (κ1) is 10.2. The molecule has 1 aliphatic rings. The second-order valence-corrected chi connectivity index (χ2v) is 4.54. The van der Waals surface area contributed by atoms with E-state index in [0.717, 1.165) is 25.8 Å². The average Bonchev–Trinajstić information content (AvgIpc) is 2.05. The minimum absolute atomic E-state index is 0.207. The van der Waals surface area contributed by atoms with Crippen LogP contribution in [0.25, 0.3) is 0 Å². The molecule has 0 amide bonds. The van der Waals surface area contributed by atoms with E-state index >= 15 is 0 Å². The maximum atomic E-state index is 11.2. The maximum Gasteiger partial charge on any atom is 0.0913 e. The summed E-state index contributed by atoms with van der Waals surface area (Å²) in [7, 11) is -0.861. The molecule has 72 valence electrons. The summed E-state index contributed by atoms with van der Waals surface area (Å²) >= 11 is 0. The van der Waals surface area contributed by atoms with Crippen molar-refractivity contribution < 1.29 is 9.32 Å². The van der Waals surface area contributed by atoms with Gasteiger partial charge in [-0.2, -0.15) is 0 Å². The first-order chi connectivity index (χ1) is 5.75. The minimum Gasteiger partial charge on any atom is -0.396 e. The largest absolute Gasteiger partial charge is 0.396 e. The normalized spacial score (nSPS) is 28.7. The Morgan fingerprint density at radius 1 is 1.58 bits per heavy atom. The van der Waals surface area contributed by atoms with Gasteiger partial charge in [0.25, 0.3) is 0 Å². The fourth-order valence-corrected chi connectivity index (χ4v) is 2.77. The van der Waals surface area contributed by atoms with Gasteiger partial charge in [-0.1, -0.05) is 6.42 Å². The predicted molar refractivity (Wildman–Crippen MR) is 50.1 cm³/mol. The topological polar surface area (TPSA) is 40.5 Å². The zero-order valence-corrected chi connectivity index (χ0v) is 8.35. The molecule has 0 saturated carbocycles. The molecule has 1 heterocycles. The summed E-state index contributed by atoms with van der Waals surface area (Å²) < 4.78 is 13.2. The first-order valence-corrected chi connectivity index (χ1v) is 5.98. The van der Waals surface area contributed by atoms with E-state index in [1.807, 2.05) is 4.31 Å². The molecule has 0 radical (unpaired) electrons. The first-order valence-electron chi connectivity index (χ1n) is 4.46. The molecule has 3 nitrogen and oxygen atoms in total. The van der Waals surface area contributed by atoms with Crippen molar-refractivity contribution in [1.82, 2.24) is 4.31 Å². The Kier molecular flexibility index (Phi) is 4.18. The van der Waals surface area contributed by atoms with Gasteiger partial charge in [-0.3, -0.25) is 0 Å². The molecule has 1 fully saturated rings. The van der Waals surface area contributed by atoms with E-state index in [-0.39, 0.29) is 6.61 Å². The molecule has 0 aliphatic carbocycles. The molecular formula is C8H17NO2S. The molecule has 1 rings (SSSR count). The van der Waals surface area contributed by atoms with Crippen LogP contribution in [0.1, 0.15) is 25.7 Å². The molecule has 12 heavy (non-hydrogen) atoms. The Bertz CT molecular complexity index is 161. The van der Waals surface area contributed by atoms with Crippen LogP contribution in [0, 0.1) is 0 Å². The Morgan fingerprint density at radius 2 is 2.33 bits per heavy atom. The van der Waals surface area contributed by atoms with Gasteiger partial charge >= 0.3 is 0 Å². The van der Waals surface area contributed by atoms with Crippen molar-refractivity contribution in [2.45, 2.75) is 31.7 Å². The molecule has 2 unspecified atom stereocenters. The Labute approximate surface area is 76.4 Å². The van der Waals surface area contributed by atoms with Crippen LogP contribution in [0.5, 0.6) is 0 Å². The van der Waals surface area contributed by atoms with Crippen molar-refractivity contribution in [2.75, 3.05) is 19.4 Å². The fraction of sp³-hybridized carbons (Fsp3) is 1.00. The van der Waals surface area contributed by atoms with Crippen LogP contribution in [0.2, 0.25) is 0 Å². The number of hydrogen-bond acceptors (Lipinski definition) is 2. The molecule has 1 saturated heterocycles. The zero-order chi connectivity index (χ0) is 8.97. The third kappa shape index (κ3) is 2.54. The van der Waals surface area contributed by atoms with E-state index in [0.29, 0.717) is 6.04 Å². The maximum absolute atomic E-state index is 11.2. The van der Waals surface area contributed by atoms with E-state index in [4.69, 9.17) is 5.11 Å². The van der Waals surface area contributed by atoms with Gasteiger partial charge in [-0.05, 0) is 19.3 Å². The smallest absolute Gasteiger partial charge is 0.0913 e. The SMILES string of the molecule is CS(=O)N1CCCCC1CCO. The summed E-state index contributed by atoms with van der Waals surface area (Å²) in [6.07, 6.45) is 5.91. The number of hydrogen-bond donors (Lipinski definition) is 1. The van der Waals surface area contributed by atoms with Crippen molar-refractivity contribution in [2.24, 2.45) is 0 Å². The Morgan fingerprint density at radius 3 is 2.92 bits per heavy atom. The second kappa shape index (κ2) is 4.94. The number of nitrogens with zero attached hydrogens (tertiary/aromatic N) is 1. The van der Waals surface area contributed by atoms with E-state index in [1.165, 1.54) is 6.42 Å². The van der Waals surface area contributed by atoms with Crippen molar-refractivity contribution in [3.63, 3.8) is 0 Å². The highest BCUT2D eigenvalue weighted by atomic mass is 32.2. The van der Waals surface area contributed by atoms with Crippen molar-refractivity contribution in [3.8, 4) is 0 Å². The van der Waals surface area contributed by atoms with Crippen molar-refractivity contribution >= 4 is 11.0 Å². The molecule has 0 spiro atoms. The van der Waals surface area contributed by atoms with Gasteiger partial charge in [-0.15, -0.1) is 0 Å². The van der Waals surface area contributed by atoms with Crippen LogP contribution < -0.4 is 0 Å². The number of piperidine rings is 1. The van der Waals surface area contributed by atoms with Crippen LogP contribution in [0.15, 0.2) is 0 Å². The third-order valence-electron chi connectivity index (χ3n) is 2.37. The van der Waals surface area contributed by atoms with E-state index in [9.17, 15) is 4.21 Å². The monoisotopic (exact) mass is 191 g/mol. The van der Waals surface area contributed by atoms with Crippen molar-refractivity contribution in [1.29, 1.82) is 0 Å². The lowest BCUT2D eigenvalue weighted by Gasteiger charge is -2.32. The van der Waals surface area contributed by atoms with Gasteiger partial charge in [0, 0.05) is 25.4 Å². The van der Waals surface area contributed by atoms with Gasteiger partial charge in [0.2, 0.25) is 0 Å². The number of rotatable bonds is 3. The van der Waals surface area contributed by atoms with Crippen LogP contribution in [0.3, 0.4) is 0 Å². The summed E-state index contributed by atoms with van der Waals surface area (Å²) in [5.41, 5.74) is 0. The molecule has 4 heteroatoms. The molecule has 1 N–H and O–H groups in total. The molecule has 0 aromatic carbocycles. The van der Waals surface area contributed by atoms with Gasteiger partial charge in [0.05, 0.1) is 11.0 Å². The van der Waals surface area contributed by atoms with Crippen LogP contribution >= 0.6 is 0 Å². The number of aliphatic hydroxyl groups excluding tert-OH is 1. The minimum atomic E-state index is -0.861. The summed E-state index contributed by atoms with van der Waals surface area (Å²) in [6.45, 7) is 1.13. The summed E-state index contributed by atoms with van der Waals surface area (Å²) in [6, 6.07) is 0.342. The molecule has 0 aromatic heterocycles. The standard InChI is InChI=1S/C8H17NO2S/c1-12(11)9-6-3-2-4-8(9)5-7-10/h8,10H,2-7H2,1H3. The van der Waals surface area contributed by atoms with Crippen LogP contribution in [-0.2, 0) is 11.0 Å². The van der Waals surface area contributed by atoms with Crippen molar-refractivity contribution in [3.05, 3.63) is 0 Å². The lowest BCUT2D eigenvalue weighted by Crippen LogP contribution is -2.40. The second-order valence-electron chi connectivity index (χ2n) is 3.23. The molecule has 2 atom stereocenters. The Balaban J connectivity index is 2.48. The van der Waals surface area contributed by atoms with Crippen LogP contribution in [0.4, 0.5) is 0 Å². The molecular weight excluding hydrogens is 174 g/mol. The highest BCUT2D eigenvalue weighted by Crippen LogP contribution is 2.20. The zero-order valence-electron chi connectivity index (χ0n) is 7.53. The molecule has 0 aromatic rings. The predicted octanol–water partition coefficient (Wildman–Crippen LogP) is 0.517. The quantitative estimate of drug-likeness (QED) is 0.706. The summed E-state index contributed by atoms with van der Waals surface area (Å²) in [4.78, 5) is 0. The lowest BCUT2D eigenvalue weighted by atomic mass is 10.0.